The van der Waals surface area contributed by atoms with Crippen molar-refractivity contribution < 1.29 is 0 Å². The number of nitrogens with zero attached hydrogens (tertiary/aromatic N) is 6. The average Bonchev–Trinajstić information content (AvgIpc) is 2.69. The maximum Gasteiger partial charge on any atom is 0.266 e. The quantitative estimate of drug-likeness (QED) is 0.817. The van der Waals surface area contributed by atoms with Gasteiger partial charge in [0.1, 0.15) is 12.1 Å². The first-order chi connectivity index (χ1) is 12.7. The van der Waals surface area contributed by atoms with Gasteiger partial charge >= 0.3 is 0 Å². The molecule has 0 atom stereocenters. The molecule has 0 unspecified atom stereocenters. The first-order valence-corrected chi connectivity index (χ1v) is 9.55. The second-order valence-electron chi connectivity index (χ2n) is 7.19. The van der Waals surface area contributed by atoms with Crippen LogP contribution in [0.2, 0.25) is 0 Å². The monoisotopic (exact) mass is 354 g/mol. The minimum atomic E-state index is -0.0261. The third kappa shape index (κ3) is 3.62. The van der Waals surface area contributed by atoms with Crippen molar-refractivity contribution in [2.45, 2.75) is 39.2 Å². The number of hydrogen-bond acceptors (Lipinski definition) is 6. The van der Waals surface area contributed by atoms with E-state index in [4.69, 9.17) is 0 Å². The Morgan fingerprint density at radius 2 is 1.81 bits per heavy atom. The molecule has 2 aromatic heterocycles. The Balaban J connectivity index is 1.36. The average molecular weight is 354 g/mol. The topological polar surface area (TPSA) is 67.2 Å². The molecule has 1 saturated heterocycles. The van der Waals surface area contributed by atoms with Gasteiger partial charge in [0.2, 0.25) is 0 Å². The molecular weight excluding hydrogens is 328 g/mol. The predicted molar refractivity (Wildman–Crippen MR) is 101 cm³/mol. The van der Waals surface area contributed by atoms with Crippen molar-refractivity contribution in [3.63, 3.8) is 0 Å². The van der Waals surface area contributed by atoms with Crippen LogP contribution < -0.4 is 10.5 Å². The van der Waals surface area contributed by atoms with Gasteiger partial charge in [0, 0.05) is 50.0 Å². The van der Waals surface area contributed by atoms with E-state index < -0.39 is 0 Å². The zero-order chi connectivity index (χ0) is 17.9. The zero-order valence-corrected chi connectivity index (χ0v) is 15.4. The predicted octanol–water partition coefficient (Wildman–Crippen LogP) is 1.04. The van der Waals surface area contributed by atoms with Crippen LogP contribution in [0, 0.1) is 6.92 Å². The number of aromatic nitrogens is 4. The third-order valence-corrected chi connectivity index (χ3v) is 5.40. The lowest BCUT2D eigenvalue weighted by atomic mass is 9.96. The number of anilines is 1. The first-order valence-electron chi connectivity index (χ1n) is 9.55. The molecule has 0 amide bonds. The highest BCUT2D eigenvalue weighted by Crippen LogP contribution is 2.27. The first kappa shape index (κ1) is 17.1. The molecule has 7 heteroatoms. The van der Waals surface area contributed by atoms with Gasteiger partial charge in [-0.2, -0.15) is 5.10 Å². The molecule has 0 saturated carbocycles. The summed E-state index contributed by atoms with van der Waals surface area (Å²) >= 11 is 0. The van der Waals surface area contributed by atoms with Gasteiger partial charge in [-0.1, -0.05) is 0 Å². The minimum Gasteiger partial charge on any atom is -0.354 e. The van der Waals surface area contributed by atoms with Crippen LogP contribution in [0.1, 0.15) is 29.8 Å². The van der Waals surface area contributed by atoms with Crippen molar-refractivity contribution in [2.75, 3.05) is 37.6 Å². The SMILES string of the molecule is Cc1ccc(=O)n(CCN2CCN(c3ncnc4c3CCCC4)CC2)n1. The van der Waals surface area contributed by atoms with Gasteiger partial charge in [0.05, 0.1) is 12.2 Å². The van der Waals surface area contributed by atoms with Crippen LogP contribution in [0.3, 0.4) is 0 Å². The molecule has 1 fully saturated rings. The van der Waals surface area contributed by atoms with Crippen LogP contribution in [-0.4, -0.2) is 57.4 Å². The van der Waals surface area contributed by atoms with Crippen molar-refractivity contribution in [1.29, 1.82) is 0 Å². The molecule has 0 N–H and O–H groups in total. The summed E-state index contributed by atoms with van der Waals surface area (Å²) in [5, 5.41) is 4.32. The van der Waals surface area contributed by atoms with Crippen molar-refractivity contribution >= 4 is 5.82 Å². The summed E-state index contributed by atoms with van der Waals surface area (Å²) < 4.78 is 1.57. The second kappa shape index (κ2) is 7.53. The van der Waals surface area contributed by atoms with E-state index in [-0.39, 0.29) is 5.56 Å². The van der Waals surface area contributed by atoms with Crippen molar-refractivity contribution in [3.8, 4) is 0 Å². The Labute approximate surface area is 153 Å². The Morgan fingerprint density at radius 3 is 2.65 bits per heavy atom. The van der Waals surface area contributed by atoms with E-state index in [1.807, 2.05) is 6.92 Å². The zero-order valence-electron chi connectivity index (χ0n) is 15.4. The molecule has 138 valence electrons. The molecule has 0 aromatic carbocycles. The molecule has 1 aliphatic heterocycles. The summed E-state index contributed by atoms with van der Waals surface area (Å²) in [6.45, 7) is 7.32. The fraction of sp³-hybridized carbons (Fsp3) is 0.579. The lowest BCUT2D eigenvalue weighted by molar-refractivity contribution is 0.242. The van der Waals surface area contributed by atoms with E-state index in [0.29, 0.717) is 6.54 Å². The van der Waals surface area contributed by atoms with Crippen LogP contribution >= 0.6 is 0 Å². The van der Waals surface area contributed by atoms with E-state index in [9.17, 15) is 4.79 Å². The van der Waals surface area contributed by atoms with Gasteiger partial charge in [0.15, 0.2) is 0 Å². The van der Waals surface area contributed by atoms with Crippen molar-refractivity contribution in [1.82, 2.24) is 24.6 Å². The van der Waals surface area contributed by atoms with E-state index in [2.05, 4.69) is 24.9 Å². The van der Waals surface area contributed by atoms with Crippen LogP contribution in [0.4, 0.5) is 5.82 Å². The summed E-state index contributed by atoms with van der Waals surface area (Å²) in [4.78, 5) is 25.8. The van der Waals surface area contributed by atoms with E-state index >= 15 is 0 Å². The molecule has 2 aromatic rings. The molecule has 1 aliphatic carbocycles. The van der Waals surface area contributed by atoms with E-state index in [1.54, 1.807) is 23.1 Å². The third-order valence-electron chi connectivity index (χ3n) is 5.40. The molecule has 26 heavy (non-hydrogen) atoms. The number of rotatable bonds is 4. The molecule has 0 radical (unpaired) electrons. The maximum atomic E-state index is 11.9. The smallest absolute Gasteiger partial charge is 0.266 e. The van der Waals surface area contributed by atoms with Gasteiger partial charge in [-0.25, -0.2) is 14.6 Å². The lowest BCUT2D eigenvalue weighted by Gasteiger charge is -2.36. The van der Waals surface area contributed by atoms with Gasteiger partial charge in [0.25, 0.3) is 5.56 Å². The van der Waals surface area contributed by atoms with Crippen LogP contribution in [0.25, 0.3) is 0 Å². The van der Waals surface area contributed by atoms with Crippen molar-refractivity contribution in [2.24, 2.45) is 0 Å². The highest BCUT2D eigenvalue weighted by Gasteiger charge is 2.23. The number of piperazine rings is 1. The van der Waals surface area contributed by atoms with Crippen LogP contribution in [0.15, 0.2) is 23.3 Å². The van der Waals surface area contributed by atoms with Gasteiger partial charge in [-0.15, -0.1) is 0 Å². The maximum absolute atomic E-state index is 11.9. The van der Waals surface area contributed by atoms with Crippen LogP contribution in [0.5, 0.6) is 0 Å². The molecule has 0 bridgehead atoms. The summed E-state index contributed by atoms with van der Waals surface area (Å²) in [6.07, 6.45) is 6.40. The van der Waals surface area contributed by atoms with E-state index in [1.165, 1.54) is 24.1 Å². The highest BCUT2D eigenvalue weighted by atomic mass is 16.1. The Hall–Kier alpha value is -2.28. The van der Waals surface area contributed by atoms with E-state index in [0.717, 1.165) is 57.1 Å². The largest absolute Gasteiger partial charge is 0.354 e. The van der Waals surface area contributed by atoms with Crippen molar-refractivity contribution in [3.05, 3.63) is 45.8 Å². The fourth-order valence-electron chi connectivity index (χ4n) is 3.91. The van der Waals surface area contributed by atoms with Gasteiger partial charge in [-0.3, -0.25) is 9.69 Å². The van der Waals surface area contributed by atoms with Gasteiger partial charge < -0.3 is 4.90 Å². The number of aryl methyl sites for hydroxylation is 2. The summed E-state index contributed by atoms with van der Waals surface area (Å²) in [6, 6.07) is 3.36. The van der Waals surface area contributed by atoms with Gasteiger partial charge in [-0.05, 0) is 38.7 Å². The number of fused-ring (bicyclic) bond motifs is 1. The fourth-order valence-corrected chi connectivity index (χ4v) is 3.91. The Morgan fingerprint density at radius 1 is 1.00 bits per heavy atom. The molecule has 3 heterocycles. The normalized spacial score (nSPS) is 18.0. The molecule has 7 nitrogen and oxygen atoms in total. The lowest BCUT2D eigenvalue weighted by Crippen LogP contribution is -2.48. The molecule has 4 rings (SSSR count). The summed E-state index contributed by atoms with van der Waals surface area (Å²) in [5.41, 5.74) is 3.46. The minimum absolute atomic E-state index is 0.0261. The summed E-state index contributed by atoms with van der Waals surface area (Å²) in [5.74, 6) is 1.14. The number of hydrogen-bond donors (Lipinski definition) is 0. The Bertz CT molecular complexity index is 825. The standard InChI is InChI=1S/C19H26N6O/c1-15-6-7-18(26)25(22-15)13-10-23-8-11-24(12-9-23)19-16-4-2-3-5-17(16)20-14-21-19/h6-7,14H,2-5,8-13H2,1H3. The summed E-state index contributed by atoms with van der Waals surface area (Å²) in [7, 11) is 0. The molecule has 0 spiro atoms. The second-order valence-corrected chi connectivity index (χ2v) is 7.19. The van der Waals surface area contributed by atoms with Crippen LogP contribution in [-0.2, 0) is 19.4 Å². The highest BCUT2D eigenvalue weighted by molar-refractivity contribution is 5.50. The Kier molecular flexibility index (Phi) is 4.97. The molecule has 2 aliphatic rings. The molecular formula is C19H26N6O.